The van der Waals surface area contributed by atoms with E-state index < -0.39 is 0 Å². The van der Waals surface area contributed by atoms with Gasteiger partial charge in [-0.1, -0.05) is 6.07 Å². The molecule has 2 rings (SSSR count). The SMILES string of the molecule is CC(C)OCCCNC(=O)NC(C)c1ccc2c(c1)OCO2. The van der Waals surface area contributed by atoms with Crippen molar-refractivity contribution in [3.63, 3.8) is 0 Å². The van der Waals surface area contributed by atoms with Gasteiger partial charge in [0.1, 0.15) is 0 Å². The average Bonchev–Trinajstić information content (AvgIpc) is 2.93. The van der Waals surface area contributed by atoms with Crippen molar-refractivity contribution in [1.29, 1.82) is 0 Å². The monoisotopic (exact) mass is 308 g/mol. The Morgan fingerprint density at radius 1 is 1.27 bits per heavy atom. The molecule has 1 aliphatic rings. The van der Waals surface area contributed by atoms with E-state index >= 15 is 0 Å². The molecule has 0 bridgehead atoms. The Morgan fingerprint density at radius 3 is 2.82 bits per heavy atom. The third kappa shape index (κ3) is 4.80. The first kappa shape index (κ1) is 16.4. The van der Waals surface area contributed by atoms with Gasteiger partial charge in [-0.2, -0.15) is 0 Å². The van der Waals surface area contributed by atoms with Crippen molar-refractivity contribution in [2.24, 2.45) is 0 Å². The Bertz CT molecular complexity index is 505. The number of ether oxygens (including phenoxy) is 3. The molecule has 1 atom stereocenters. The van der Waals surface area contributed by atoms with Crippen LogP contribution in [0.3, 0.4) is 0 Å². The summed E-state index contributed by atoms with van der Waals surface area (Å²) in [4.78, 5) is 11.8. The van der Waals surface area contributed by atoms with Gasteiger partial charge in [0, 0.05) is 13.2 Å². The van der Waals surface area contributed by atoms with Crippen LogP contribution in [0.1, 0.15) is 38.8 Å². The second-order valence-electron chi connectivity index (χ2n) is 5.51. The van der Waals surface area contributed by atoms with Gasteiger partial charge in [0.05, 0.1) is 12.1 Å². The summed E-state index contributed by atoms with van der Waals surface area (Å²) < 4.78 is 16.0. The lowest BCUT2D eigenvalue weighted by molar-refractivity contribution is 0.0774. The zero-order valence-corrected chi connectivity index (χ0v) is 13.3. The summed E-state index contributed by atoms with van der Waals surface area (Å²) in [7, 11) is 0. The number of rotatable bonds is 7. The van der Waals surface area contributed by atoms with Crippen LogP contribution >= 0.6 is 0 Å². The van der Waals surface area contributed by atoms with E-state index in [4.69, 9.17) is 14.2 Å². The molecule has 0 spiro atoms. The molecule has 0 saturated heterocycles. The van der Waals surface area contributed by atoms with E-state index in [1.807, 2.05) is 39.0 Å². The maximum atomic E-state index is 11.8. The van der Waals surface area contributed by atoms with E-state index in [0.717, 1.165) is 23.5 Å². The molecule has 1 aromatic carbocycles. The van der Waals surface area contributed by atoms with Gasteiger partial charge in [0.25, 0.3) is 0 Å². The van der Waals surface area contributed by atoms with E-state index in [0.29, 0.717) is 13.2 Å². The molecule has 0 aromatic heterocycles. The number of fused-ring (bicyclic) bond motifs is 1. The predicted molar refractivity (Wildman–Crippen MR) is 83.2 cm³/mol. The molecule has 0 fully saturated rings. The van der Waals surface area contributed by atoms with Gasteiger partial charge in [0.2, 0.25) is 6.79 Å². The highest BCUT2D eigenvalue weighted by Crippen LogP contribution is 2.34. The molecule has 1 aliphatic heterocycles. The molecule has 22 heavy (non-hydrogen) atoms. The molecule has 122 valence electrons. The molecule has 0 aliphatic carbocycles. The van der Waals surface area contributed by atoms with Crippen molar-refractivity contribution < 1.29 is 19.0 Å². The van der Waals surface area contributed by atoms with Crippen LogP contribution in [0.15, 0.2) is 18.2 Å². The summed E-state index contributed by atoms with van der Waals surface area (Å²) in [6.07, 6.45) is 1.02. The molecular weight excluding hydrogens is 284 g/mol. The van der Waals surface area contributed by atoms with Crippen molar-refractivity contribution in [3.05, 3.63) is 23.8 Å². The van der Waals surface area contributed by atoms with Gasteiger partial charge in [0.15, 0.2) is 11.5 Å². The van der Waals surface area contributed by atoms with Crippen molar-refractivity contribution in [2.75, 3.05) is 19.9 Å². The number of amides is 2. The van der Waals surface area contributed by atoms with Gasteiger partial charge in [-0.15, -0.1) is 0 Å². The number of hydrogen-bond acceptors (Lipinski definition) is 4. The highest BCUT2D eigenvalue weighted by molar-refractivity contribution is 5.74. The smallest absolute Gasteiger partial charge is 0.315 e. The minimum absolute atomic E-state index is 0.110. The Morgan fingerprint density at radius 2 is 2.05 bits per heavy atom. The Balaban J connectivity index is 1.72. The van der Waals surface area contributed by atoms with Crippen LogP contribution in [0.2, 0.25) is 0 Å². The van der Waals surface area contributed by atoms with E-state index in [9.17, 15) is 4.79 Å². The van der Waals surface area contributed by atoms with Crippen LogP contribution < -0.4 is 20.1 Å². The lowest BCUT2D eigenvalue weighted by atomic mass is 10.1. The zero-order valence-electron chi connectivity index (χ0n) is 13.3. The first-order valence-electron chi connectivity index (χ1n) is 7.62. The fourth-order valence-electron chi connectivity index (χ4n) is 2.11. The summed E-state index contributed by atoms with van der Waals surface area (Å²) in [6, 6.07) is 5.38. The van der Waals surface area contributed by atoms with Gasteiger partial charge in [-0.3, -0.25) is 0 Å². The highest BCUT2D eigenvalue weighted by Gasteiger charge is 2.16. The second kappa shape index (κ2) is 7.89. The number of hydrogen-bond donors (Lipinski definition) is 2. The molecule has 0 saturated carbocycles. The first-order chi connectivity index (χ1) is 10.6. The van der Waals surface area contributed by atoms with E-state index in [2.05, 4.69) is 10.6 Å². The maximum Gasteiger partial charge on any atom is 0.315 e. The normalized spacial score (nSPS) is 14.0. The predicted octanol–water partition coefficient (Wildman–Crippen LogP) is 2.59. The molecule has 0 radical (unpaired) electrons. The molecule has 1 heterocycles. The molecular formula is C16H24N2O4. The minimum atomic E-state index is -0.185. The summed E-state index contributed by atoms with van der Waals surface area (Å²) in [5, 5.41) is 5.72. The lowest BCUT2D eigenvalue weighted by Gasteiger charge is -2.15. The van der Waals surface area contributed by atoms with E-state index in [1.54, 1.807) is 0 Å². The summed E-state index contributed by atoms with van der Waals surface area (Å²) in [6.45, 7) is 7.40. The van der Waals surface area contributed by atoms with Crippen LogP contribution in [-0.4, -0.2) is 32.1 Å². The Labute approximate surface area is 131 Å². The van der Waals surface area contributed by atoms with Crippen LogP contribution in [0.5, 0.6) is 11.5 Å². The van der Waals surface area contributed by atoms with Crippen molar-refractivity contribution >= 4 is 6.03 Å². The zero-order chi connectivity index (χ0) is 15.9. The molecule has 6 nitrogen and oxygen atoms in total. The highest BCUT2D eigenvalue weighted by atomic mass is 16.7. The average molecular weight is 308 g/mol. The number of nitrogens with one attached hydrogen (secondary N) is 2. The van der Waals surface area contributed by atoms with Crippen molar-refractivity contribution in [2.45, 2.75) is 39.3 Å². The van der Waals surface area contributed by atoms with E-state index in [-0.39, 0.29) is 25.0 Å². The van der Waals surface area contributed by atoms with Crippen LogP contribution in [0.4, 0.5) is 4.79 Å². The Hall–Kier alpha value is -1.95. The number of benzene rings is 1. The van der Waals surface area contributed by atoms with Gasteiger partial charge >= 0.3 is 6.03 Å². The topological polar surface area (TPSA) is 68.8 Å². The number of carbonyl (C=O) groups excluding carboxylic acids is 1. The summed E-state index contributed by atoms with van der Waals surface area (Å²) in [5.41, 5.74) is 0.975. The van der Waals surface area contributed by atoms with Gasteiger partial charge < -0.3 is 24.8 Å². The largest absolute Gasteiger partial charge is 0.454 e. The number of urea groups is 1. The van der Waals surface area contributed by atoms with Crippen LogP contribution in [-0.2, 0) is 4.74 Å². The van der Waals surface area contributed by atoms with Crippen molar-refractivity contribution in [1.82, 2.24) is 10.6 Å². The van der Waals surface area contributed by atoms with Crippen molar-refractivity contribution in [3.8, 4) is 11.5 Å². The third-order valence-electron chi connectivity index (χ3n) is 3.30. The molecule has 1 aromatic rings. The van der Waals surface area contributed by atoms with E-state index in [1.165, 1.54) is 0 Å². The third-order valence-corrected chi connectivity index (χ3v) is 3.30. The van der Waals surface area contributed by atoms with Crippen LogP contribution in [0, 0.1) is 0 Å². The van der Waals surface area contributed by atoms with Gasteiger partial charge in [-0.05, 0) is 44.9 Å². The summed E-state index contributed by atoms with van der Waals surface area (Å²) in [5.74, 6) is 1.46. The Kier molecular flexibility index (Phi) is 5.89. The molecule has 2 N–H and O–H groups in total. The van der Waals surface area contributed by atoms with Gasteiger partial charge in [-0.25, -0.2) is 4.79 Å². The standard InChI is InChI=1S/C16H24N2O4/c1-11(2)20-8-4-7-17-16(19)18-12(3)13-5-6-14-15(9-13)22-10-21-14/h5-6,9,11-12H,4,7-8,10H2,1-3H3,(H2,17,18,19). The lowest BCUT2D eigenvalue weighted by Crippen LogP contribution is -2.37. The maximum absolute atomic E-state index is 11.8. The fourth-order valence-corrected chi connectivity index (χ4v) is 2.11. The molecule has 2 amide bonds. The van der Waals surface area contributed by atoms with Crippen LogP contribution in [0.25, 0.3) is 0 Å². The number of carbonyl (C=O) groups is 1. The summed E-state index contributed by atoms with van der Waals surface area (Å²) >= 11 is 0. The fraction of sp³-hybridized carbons (Fsp3) is 0.562. The second-order valence-corrected chi connectivity index (χ2v) is 5.51. The molecule has 6 heteroatoms. The minimum Gasteiger partial charge on any atom is -0.454 e. The quantitative estimate of drug-likeness (QED) is 0.760. The first-order valence-corrected chi connectivity index (χ1v) is 7.62. The molecule has 1 unspecified atom stereocenters.